The van der Waals surface area contributed by atoms with Crippen LogP contribution in [0.1, 0.15) is 55.1 Å². The molecule has 144 valence electrons. The lowest BCUT2D eigenvalue weighted by molar-refractivity contribution is 0.0939. The highest BCUT2D eigenvalue weighted by Crippen LogP contribution is 2.25. The smallest absolute Gasteiger partial charge is 0.251 e. The number of benzene rings is 2. The summed E-state index contributed by atoms with van der Waals surface area (Å²) in [6.45, 7) is 4.42. The van der Waals surface area contributed by atoms with Crippen molar-refractivity contribution >= 4 is 15.9 Å². The number of nitrogens with zero attached hydrogens (tertiary/aromatic N) is 1. The Bertz CT molecular complexity index is 879. The van der Waals surface area contributed by atoms with Crippen LogP contribution in [-0.2, 0) is 10.0 Å². The molecule has 1 amide bonds. The summed E-state index contributed by atoms with van der Waals surface area (Å²) < 4.78 is 27.3. The third kappa shape index (κ3) is 4.39. The van der Waals surface area contributed by atoms with Crippen molar-refractivity contribution in [2.75, 3.05) is 6.54 Å². The summed E-state index contributed by atoms with van der Waals surface area (Å²) >= 11 is 0. The first-order valence-corrected chi connectivity index (χ1v) is 10.8. The van der Waals surface area contributed by atoms with Gasteiger partial charge in [0.05, 0.1) is 10.9 Å². The first kappa shape index (κ1) is 19.6. The Balaban J connectivity index is 1.72. The molecule has 0 saturated carbocycles. The molecule has 1 aliphatic rings. The van der Waals surface area contributed by atoms with Gasteiger partial charge in [-0.25, -0.2) is 8.42 Å². The highest BCUT2D eigenvalue weighted by atomic mass is 32.2. The minimum absolute atomic E-state index is 0.0125. The second-order valence-corrected chi connectivity index (χ2v) is 8.98. The normalized spacial score (nSPS) is 19.4. The molecule has 6 heteroatoms. The molecule has 1 N–H and O–H groups in total. The molecule has 1 saturated heterocycles. The molecule has 0 spiro atoms. The Labute approximate surface area is 161 Å². The Morgan fingerprint density at radius 1 is 1.07 bits per heavy atom. The van der Waals surface area contributed by atoms with Crippen molar-refractivity contribution in [3.63, 3.8) is 0 Å². The first-order chi connectivity index (χ1) is 12.9. The summed E-state index contributed by atoms with van der Waals surface area (Å²) in [5, 5.41) is 2.94. The highest BCUT2D eigenvalue weighted by molar-refractivity contribution is 7.89. The molecule has 1 heterocycles. The van der Waals surface area contributed by atoms with Crippen molar-refractivity contribution < 1.29 is 13.2 Å². The summed E-state index contributed by atoms with van der Waals surface area (Å²) in [5.74, 6) is -0.221. The van der Waals surface area contributed by atoms with E-state index in [1.165, 1.54) is 12.1 Å². The number of carbonyl (C=O) groups is 1. The molecule has 0 bridgehead atoms. The maximum Gasteiger partial charge on any atom is 0.251 e. The predicted octanol–water partition coefficient (Wildman–Crippen LogP) is 3.74. The lowest BCUT2D eigenvalue weighted by Gasteiger charge is -2.32. The topological polar surface area (TPSA) is 66.5 Å². The lowest BCUT2D eigenvalue weighted by atomic mass is 10.1. The van der Waals surface area contributed by atoms with E-state index in [0.29, 0.717) is 12.1 Å². The molecular weight excluding hydrogens is 360 g/mol. The van der Waals surface area contributed by atoms with Crippen molar-refractivity contribution in [2.45, 2.75) is 50.1 Å². The van der Waals surface area contributed by atoms with Crippen LogP contribution in [0.15, 0.2) is 59.5 Å². The number of rotatable bonds is 5. The zero-order valence-electron chi connectivity index (χ0n) is 15.8. The summed E-state index contributed by atoms with van der Waals surface area (Å²) in [7, 11) is -3.52. The SMILES string of the molecule is C[C@H](NC(=O)c1ccc(S(=O)(=O)N2CCCC[C@H]2C)cc1)c1ccccc1. The summed E-state index contributed by atoms with van der Waals surface area (Å²) in [4.78, 5) is 12.7. The van der Waals surface area contributed by atoms with Gasteiger partial charge >= 0.3 is 0 Å². The molecular formula is C21H26N2O3S. The van der Waals surface area contributed by atoms with E-state index in [1.54, 1.807) is 16.4 Å². The second-order valence-electron chi connectivity index (χ2n) is 7.09. The van der Waals surface area contributed by atoms with Crippen LogP contribution in [0.2, 0.25) is 0 Å². The number of piperidine rings is 1. The molecule has 2 aromatic rings. The molecule has 3 rings (SSSR count). The summed E-state index contributed by atoms with van der Waals surface area (Å²) in [6.07, 6.45) is 2.84. The van der Waals surface area contributed by atoms with Gasteiger partial charge in [-0.3, -0.25) is 4.79 Å². The van der Waals surface area contributed by atoms with E-state index in [0.717, 1.165) is 24.8 Å². The number of amides is 1. The number of hydrogen-bond acceptors (Lipinski definition) is 3. The van der Waals surface area contributed by atoms with Crippen molar-refractivity contribution in [2.24, 2.45) is 0 Å². The Hall–Kier alpha value is -2.18. The zero-order valence-corrected chi connectivity index (χ0v) is 16.6. The van der Waals surface area contributed by atoms with Gasteiger partial charge in [-0.05, 0) is 56.5 Å². The van der Waals surface area contributed by atoms with E-state index in [-0.39, 0.29) is 22.9 Å². The molecule has 0 radical (unpaired) electrons. The molecule has 2 atom stereocenters. The standard InChI is InChI=1S/C21H26N2O3S/c1-16-8-6-7-15-23(16)27(25,26)20-13-11-19(12-14-20)21(24)22-17(2)18-9-4-3-5-10-18/h3-5,9-14,16-17H,6-8,15H2,1-2H3,(H,22,24)/t16-,17+/m1/s1. The number of sulfonamides is 1. The van der Waals surface area contributed by atoms with Gasteiger partial charge in [-0.1, -0.05) is 36.8 Å². The monoisotopic (exact) mass is 386 g/mol. The predicted molar refractivity (Wildman–Crippen MR) is 106 cm³/mol. The molecule has 1 fully saturated rings. The number of hydrogen-bond donors (Lipinski definition) is 1. The highest BCUT2D eigenvalue weighted by Gasteiger charge is 2.30. The molecule has 0 unspecified atom stereocenters. The number of carbonyl (C=O) groups excluding carboxylic acids is 1. The minimum atomic E-state index is -3.52. The molecule has 27 heavy (non-hydrogen) atoms. The van der Waals surface area contributed by atoms with Gasteiger partial charge in [-0.15, -0.1) is 0 Å². The van der Waals surface area contributed by atoms with Gasteiger partial charge in [0.2, 0.25) is 10.0 Å². The van der Waals surface area contributed by atoms with E-state index in [2.05, 4.69) is 5.32 Å². The third-order valence-corrected chi connectivity index (χ3v) is 7.14. The maximum absolute atomic E-state index is 12.9. The van der Waals surface area contributed by atoms with E-state index in [1.807, 2.05) is 44.2 Å². The van der Waals surface area contributed by atoms with Gasteiger partial charge in [0.25, 0.3) is 5.91 Å². The van der Waals surface area contributed by atoms with Crippen molar-refractivity contribution in [1.82, 2.24) is 9.62 Å². The van der Waals surface area contributed by atoms with Crippen LogP contribution >= 0.6 is 0 Å². The largest absolute Gasteiger partial charge is 0.346 e. The van der Waals surface area contributed by atoms with Crippen LogP contribution in [0.4, 0.5) is 0 Å². The Kier molecular flexibility index (Phi) is 5.97. The molecule has 5 nitrogen and oxygen atoms in total. The summed E-state index contributed by atoms with van der Waals surface area (Å²) in [6, 6.07) is 15.8. The van der Waals surface area contributed by atoms with Crippen LogP contribution in [0.3, 0.4) is 0 Å². The fourth-order valence-corrected chi connectivity index (χ4v) is 5.15. The van der Waals surface area contributed by atoms with E-state index in [9.17, 15) is 13.2 Å². The minimum Gasteiger partial charge on any atom is -0.346 e. The lowest BCUT2D eigenvalue weighted by Crippen LogP contribution is -2.41. The fourth-order valence-electron chi connectivity index (χ4n) is 3.45. The van der Waals surface area contributed by atoms with Crippen LogP contribution in [0, 0.1) is 0 Å². The quantitative estimate of drug-likeness (QED) is 0.851. The van der Waals surface area contributed by atoms with Crippen molar-refractivity contribution in [1.29, 1.82) is 0 Å². The van der Waals surface area contributed by atoms with Crippen LogP contribution in [0.5, 0.6) is 0 Å². The van der Waals surface area contributed by atoms with Crippen LogP contribution in [0.25, 0.3) is 0 Å². The first-order valence-electron chi connectivity index (χ1n) is 9.37. The molecule has 0 aliphatic carbocycles. The van der Waals surface area contributed by atoms with Gasteiger partial charge in [-0.2, -0.15) is 4.31 Å². The second kappa shape index (κ2) is 8.23. The maximum atomic E-state index is 12.9. The zero-order chi connectivity index (χ0) is 19.4. The third-order valence-electron chi connectivity index (χ3n) is 5.11. The van der Waals surface area contributed by atoms with E-state index < -0.39 is 10.0 Å². The van der Waals surface area contributed by atoms with Gasteiger partial charge in [0, 0.05) is 18.2 Å². The van der Waals surface area contributed by atoms with Crippen LogP contribution < -0.4 is 5.32 Å². The van der Waals surface area contributed by atoms with Gasteiger partial charge in [0.1, 0.15) is 0 Å². The van der Waals surface area contributed by atoms with Gasteiger partial charge < -0.3 is 5.32 Å². The number of nitrogens with one attached hydrogen (secondary N) is 1. The average molecular weight is 387 g/mol. The summed E-state index contributed by atoms with van der Waals surface area (Å²) in [5.41, 5.74) is 1.47. The Morgan fingerprint density at radius 2 is 1.74 bits per heavy atom. The van der Waals surface area contributed by atoms with E-state index in [4.69, 9.17) is 0 Å². The average Bonchev–Trinajstić information content (AvgIpc) is 2.69. The molecule has 1 aliphatic heterocycles. The van der Waals surface area contributed by atoms with Gasteiger partial charge in [0.15, 0.2) is 0 Å². The van der Waals surface area contributed by atoms with Crippen molar-refractivity contribution in [3.8, 4) is 0 Å². The van der Waals surface area contributed by atoms with E-state index >= 15 is 0 Å². The van der Waals surface area contributed by atoms with Crippen molar-refractivity contribution in [3.05, 3.63) is 65.7 Å². The molecule has 2 aromatic carbocycles. The molecule has 0 aromatic heterocycles. The Morgan fingerprint density at radius 3 is 2.37 bits per heavy atom. The van der Waals surface area contributed by atoms with Crippen LogP contribution in [-0.4, -0.2) is 31.2 Å². The fraction of sp³-hybridized carbons (Fsp3) is 0.381.